The van der Waals surface area contributed by atoms with Gasteiger partial charge in [-0.05, 0) is 125 Å². The summed E-state index contributed by atoms with van der Waals surface area (Å²) in [7, 11) is 0. The van der Waals surface area contributed by atoms with E-state index in [9.17, 15) is 0 Å². The van der Waals surface area contributed by atoms with Gasteiger partial charge >= 0.3 is 0 Å². The molecule has 10 aromatic carbocycles. The molecule has 0 bridgehead atoms. The standard InChI is InChI=1S/C54H32O2/c1-2-11-33(12-3-1)34-23-26-40-35(29-34)13-8-18-43(40)54-44-19-9-16-38(36-24-27-52-48(30-36)41-14-4-6-21-50(41)55-52)46(44)32-47-39(17-10-20-45(47)54)37-25-28-53-49(31-37)42-15-5-7-22-51(42)56-53/h1-32H. The van der Waals surface area contributed by atoms with Crippen LogP contribution in [0.5, 0.6) is 0 Å². The summed E-state index contributed by atoms with van der Waals surface area (Å²) < 4.78 is 12.5. The quantitative estimate of drug-likeness (QED) is 0.170. The van der Waals surface area contributed by atoms with Crippen LogP contribution in [0.1, 0.15) is 0 Å². The summed E-state index contributed by atoms with van der Waals surface area (Å²) in [6.07, 6.45) is 0. The topological polar surface area (TPSA) is 26.3 Å². The number of furan rings is 2. The fourth-order valence-corrected chi connectivity index (χ4v) is 9.06. The van der Waals surface area contributed by atoms with E-state index in [-0.39, 0.29) is 0 Å². The number of hydrogen-bond donors (Lipinski definition) is 0. The highest BCUT2D eigenvalue weighted by atomic mass is 16.3. The van der Waals surface area contributed by atoms with Gasteiger partial charge in [0.15, 0.2) is 0 Å². The van der Waals surface area contributed by atoms with Crippen LogP contribution < -0.4 is 0 Å². The molecule has 0 atom stereocenters. The second kappa shape index (κ2) is 12.0. The second-order valence-electron chi connectivity index (χ2n) is 14.8. The van der Waals surface area contributed by atoms with E-state index in [4.69, 9.17) is 8.83 Å². The lowest BCUT2D eigenvalue weighted by molar-refractivity contribution is 0.668. The van der Waals surface area contributed by atoms with Gasteiger partial charge in [0, 0.05) is 21.5 Å². The van der Waals surface area contributed by atoms with Gasteiger partial charge in [-0.2, -0.15) is 0 Å². The maximum absolute atomic E-state index is 6.25. The van der Waals surface area contributed by atoms with E-state index < -0.39 is 0 Å². The lowest BCUT2D eigenvalue weighted by Gasteiger charge is -2.19. The number of fused-ring (bicyclic) bond motifs is 9. The van der Waals surface area contributed by atoms with Crippen LogP contribution in [-0.2, 0) is 0 Å². The molecule has 0 aliphatic carbocycles. The molecule has 0 fully saturated rings. The summed E-state index contributed by atoms with van der Waals surface area (Å²) in [5.74, 6) is 0. The Morgan fingerprint density at radius 1 is 0.232 bits per heavy atom. The Kier molecular flexibility index (Phi) is 6.66. The molecule has 0 spiro atoms. The SMILES string of the molecule is c1ccc(-c2ccc3c(-c4c5cccc(-c6ccc7oc8ccccc8c7c6)c5cc5c(-c6ccc7oc8ccccc8c7c6)cccc45)cccc3c2)cc1. The molecule has 0 aliphatic rings. The molecule has 12 rings (SSSR count). The summed E-state index contributed by atoms with van der Waals surface area (Å²) in [6, 6.07) is 70.1. The van der Waals surface area contributed by atoms with Crippen LogP contribution in [-0.4, -0.2) is 0 Å². The third-order valence-corrected chi connectivity index (χ3v) is 11.7. The summed E-state index contributed by atoms with van der Waals surface area (Å²) in [5.41, 5.74) is 13.2. The van der Waals surface area contributed by atoms with E-state index in [0.717, 1.165) is 55.0 Å². The van der Waals surface area contributed by atoms with Crippen molar-refractivity contribution in [1.29, 1.82) is 0 Å². The van der Waals surface area contributed by atoms with Gasteiger partial charge in [0.1, 0.15) is 22.3 Å². The maximum atomic E-state index is 6.25. The first-order chi connectivity index (χ1) is 27.7. The molecule has 2 aromatic heterocycles. The predicted octanol–water partition coefficient (Wildman–Crippen LogP) is 15.6. The highest BCUT2D eigenvalue weighted by molar-refractivity contribution is 6.22. The van der Waals surface area contributed by atoms with E-state index in [1.54, 1.807) is 0 Å². The molecule has 12 aromatic rings. The van der Waals surface area contributed by atoms with Crippen LogP contribution in [0, 0.1) is 0 Å². The fraction of sp³-hybridized carbons (Fsp3) is 0. The zero-order valence-corrected chi connectivity index (χ0v) is 30.3. The molecule has 0 saturated heterocycles. The van der Waals surface area contributed by atoms with E-state index in [0.29, 0.717) is 0 Å². The van der Waals surface area contributed by atoms with E-state index in [1.165, 1.54) is 65.7 Å². The molecule has 56 heavy (non-hydrogen) atoms. The van der Waals surface area contributed by atoms with Crippen LogP contribution in [0.15, 0.2) is 203 Å². The van der Waals surface area contributed by atoms with Crippen molar-refractivity contribution >= 4 is 76.2 Å². The minimum atomic E-state index is 0.899. The van der Waals surface area contributed by atoms with E-state index in [1.807, 2.05) is 24.3 Å². The van der Waals surface area contributed by atoms with Crippen LogP contribution in [0.25, 0.3) is 121 Å². The van der Waals surface area contributed by atoms with Gasteiger partial charge in [-0.1, -0.05) is 146 Å². The van der Waals surface area contributed by atoms with Gasteiger partial charge in [-0.15, -0.1) is 0 Å². The Hall–Kier alpha value is -7.42. The molecule has 2 heteroatoms. The largest absolute Gasteiger partial charge is 0.456 e. The Balaban J connectivity index is 1.16. The van der Waals surface area contributed by atoms with Crippen LogP contribution >= 0.6 is 0 Å². The second-order valence-corrected chi connectivity index (χ2v) is 14.8. The van der Waals surface area contributed by atoms with Crippen molar-refractivity contribution in [2.75, 3.05) is 0 Å². The van der Waals surface area contributed by atoms with Crippen molar-refractivity contribution < 1.29 is 8.83 Å². The number of para-hydroxylation sites is 2. The molecule has 2 nitrogen and oxygen atoms in total. The third kappa shape index (κ3) is 4.69. The number of rotatable bonds is 4. The van der Waals surface area contributed by atoms with Gasteiger partial charge in [-0.25, -0.2) is 0 Å². The number of benzene rings is 10. The normalized spacial score (nSPS) is 11.9. The first-order valence-electron chi connectivity index (χ1n) is 19.2. The van der Waals surface area contributed by atoms with Gasteiger partial charge in [-0.3, -0.25) is 0 Å². The van der Waals surface area contributed by atoms with Crippen molar-refractivity contribution in [3.8, 4) is 44.5 Å². The van der Waals surface area contributed by atoms with Crippen molar-refractivity contribution in [3.63, 3.8) is 0 Å². The lowest BCUT2D eigenvalue weighted by atomic mass is 9.84. The van der Waals surface area contributed by atoms with Crippen molar-refractivity contribution in [2.45, 2.75) is 0 Å². The maximum Gasteiger partial charge on any atom is 0.135 e. The lowest BCUT2D eigenvalue weighted by Crippen LogP contribution is -1.92. The third-order valence-electron chi connectivity index (χ3n) is 11.7. The Labute approximate surface area is 322 Å². The summed E-state index contributed by atoms with van der Waals surface area (Å²) in [6.45, 7) is 0. The van der Waals surface area contributed by atoms with E-state index >= 15 is 0 Å². The Morgan fingerprint density at radius 3 is 1.36 bits per heavy atom. The minimum Gasteiger partial charge on any atom is -0.456 e. The highest BCUT2D eigenvalue weighted by Gasteiger charge is 2.19. The molecule has 2 heterocycles. The van der Waals surface area contributed by atoms with E-state index in [2.05, 4.69) is 170 Å². The van der Waals surface area contributed by atoms with Crippen molar-refractivity contribution in [3.05, 3.63) is 194 Å². The molecule has 0 unspecified atom stereocenters. The smallest absolute Gasteiger partial charge is 0.135 e. The predicted molar refractivity (Wildman–Crippen MR) is 235 cm³/mol. The van der Waals surface area contributed by atoms with Gasteiger partial charge in [0.25, 0.3) is 0 Å². The number of hydrogen-bond acceptors (Lipinski definition) is 2. The molecular formula is C54H32O2. The van der Waals surface area contributed by atoms with Gasteiger partial charge in [0.05, 0.1) is 0 Å². The molecule has 0 aliphatic heterocycles. The Morgan fingerprint density at radius 2 is 0.732 bits per heavy atom. The van der Waals surface area contributed by atoms with Crippen molar-refractivity contribution in [1.82, 2.24) is 0 Å². The molecule has 0 radical (unpaired) electrons. The molecule has 260 valence electrons. The van der Waals surface area contributed by atoms with Crippen LogP contribution in [0.4, 0.5) is 0 Å². The molecule has 0 saturated carbocycles. The first-order valence-corrected chi connectivity index (χ1v) is 19.2. The summed E-state index contributed by atoms with van der Waals surface area (Å²) in [5, 5.41) is 11.8. The zero-order chi connectivity index (χ0) is 36.7. The Bertz CT molecular complexity index is 3360. The first kappa shape index (κ1) is 31.0. The molecule has 0 N–H and O–H groups in total. The van der Waals surface area contributed by atoms with Crippen LogP contribution in [0.2, 0.25) is 0 Å². The van der Waals surface area contributed by atoms with Gasteiger partial charge < -0.3 is 8.83 Å². The van der Waals surface area contributed by atoms with Gasteiger partial charge in [0.2, 0.25) is 0 Å². The van der Waals surface area contributed by atoms with Crippen molar-refractivity contribution in [2.24, 2.45) is 0 Å². The molecular weight excluding hydrogens is 681 g/mol. The highest BCUT2D eigenvalue weighted by Crippen LogP contribution is 2.46. The average molecular weight is 713 g/mol. The monoisotopic (exact) mass is 712 g/mol. The fourth-order valence-electron chi connectivity index (χ4n) is 9.06. The molecule has 0 amide bonds. The minimum absolute atomic E-state index is 0.899. The zero-order valence-electron chi connectivity index (χ0n) is 30.3. The summed E-state index contributed by atoms with van der Waals surface area (Å²) in [4.78, 5) is 0. The van der Waals surface area contributed by atoms with Crippen LogP contribution in [0.3, 0.4) is 0 Å². The summed E-state index contributed by atoms with van der Waals surface area (Å²) >= 11 is 0. The average Bonchev–Trinajstić information content (AvgIpc) is 3.83.